The summed E-state index contributed by atoms with van der Waals surface area (Å²) in [6.45, 7) is 7.84. The number of nitrogens with zero attached hydrogens (tertiary/aromatic N) is 1. The molecule has 1 aromatic carbocycles. The highest BCUT2D eigenvalue weighted by molar-refractivity contribution is 8.01. The van der Waals surface area contributed by atoms with Gasteiger partial charge >= 0.3 is 11.9 Å². The molecule has 0 saturated carbocycles. The Kier molecular flexibility index (Phi) is 7.15. The maximum atomic E-state index is 12.0. The number of esters is 2. The van der Waals surface area contributed by atoms with Crippen LogP contribution in [0, 0.1) is 6.92 Å². The molecule has 1 aromatic rings. The van der Waals surface area contributed by atoms with Crippen LogP contribution in [0.25, 0.3) is 0 Å². The molecule has 140 valence electrons. The number of hydrogen-bond donors (Lipinski definition) is 1. The molecule has 0 fully saturated rings. The van der Waals surface area contributed by atoms with E-state index >= 15 is 0 Å². The van der Waals surface area contributed by atoms with E-state index in [1.807, 2.05) is 41.6 Å². The molecular weight excluding hydrogens is 352 g/mol. The molecule has 1 unspecified atom stereocenters. The predicted octanol–water partition coefficient (Wildman–Crippen LogP) is 3.29. The summed E-state index contributed by atoms with van der Waals surface area (Å²) in [6.07, 6.45) is 3.37. The molecule has 0 radical (unpaired) electrons. The number of anilines is 1. The molecule has 0 aliphatic carbocycles. The standard InChI is InChI=1S/C19H24N2O4S/c1-5-24-18(22)16(19(23)25-6-2)12-20-17-11-14(4)26-21(17)15-9-7-13(3)8-10-15/h7-12,14,20H,5-6H2,1-4H3. The second-order valence-corrected chi connectivity index (χ2v) is 6.96. The number of nitrogens with one attached hydrogen (secondary N) is 1. The summed E-state index contributed by atoms with van der Waals surface area (Å²) in [5.41, 5.74) is 2.02. The fourth-order valence-corrected chi connectivity index (χ4v) is 3.29. The van der Waals surface area contributed by atoms with E-state index in [1.54, 1.807) is 25.8 Å². The molecule has 0 amide bonds. The van der Waals surface area contributed by atoms with Crippen LogP contribution in [-0.2, 0) is 19.1 Å². The van der Waals surface area contributed by atoms with E-state index in [0.29, 0.717) is 0 Å². The summed E-state index contributed by atoms with van der Waals surface area (Å²) in [4.78, 5) is 24.1. The van der Waals surface area contributed by atoms with Gasteiger partial charge in [0.2, 0.25) is 0 Å². The van der Waals surface area contributed by atoms with Gasteiger partial charge in [0.1, 0.15) is 5.82 Å². The molecule has 1 heterocycles. The summed E-state index contributed by atoms with van der Waals surface area (Å²) in [5.74, 6) is -0.642. The lowest BCUT2D eigenvalue weighted by Gasteiger charge is -2.21. The van der Waals surface area contributed by atoms with Crippen LogP contribution >= 0.6 is 11.9 Å². The third-order valence-corrected chi connectivity index (χ3v) is 4.59. The van der Waals surface area contributed by atoms with Gasteiger partial charge < -0.3 is 14.8 Å². The van der Waals surface area contributed by atoms with E-state index in [2.05, 4.69) is 12.2 Å². The van der Waals surface area contributed by atoms with Crippen LogP contribution in [0.4, 0.5) is 5.69 Å². The van der Waals surface area contributed by atoms with E-state index in [-0.39, 0.29) is 24.0 Å². The van der Waals surface area contributed by atoms with Gasteiger partial charge in [-0.15, -0.1) is 0 Å². The van der Waals surface area contributed by atoms with Gasteiger partial charge in [-0.1, -0.05) is 17.7 Å². The third-order valence-electron chi connectivity index (χ3n) is 3.51. The predicted molar refractivity (Wildman–Crippen MR) is 103 cm³/mol. The molecule has 7 heteroatoms. The molecule has 1 aliphatic rings. The van der Waals surface area contributed by atoms with Crippen LogP contribution in [0.5, 0.6) is 0 Å². The van der Waals surface area contributed by atoms with E-state index in [4.69, 9.17) is 9.47 Å². The number of rotatable bonds is 7. The first-order chi connectivity index (χ1) is 12.5. The summed E-state index contributed by atoms with van der Waals surface area (Å²) >= 11 is 1.64. The largest absolute Gasteiger partial charge is 0.462 e. The average Bonchev–Trinajstić information content (AvgIpc) is 2.97. The molecular formula is C19H24N2O4S. The zero-order chi connectivity index (χ0) is 19.1. The maximum absolute atomic E-state index is 12.0. The Hall–Kier alpha value is -2.41. The van der Waals surface area contributed by atoms with Gasteiger partial charge in [-0.3, -0.25) is 4.31 Å². The van der Waals surface area contributed by atoms with Gasteiger partial charge in [-0.05, 0) is 57.9 Å². The quantitative estimate of drug-likeness (QED) is 0.257. The number of benzene rings is 1. The Balaban J connectivity index is 2.22. The molecule has 1 N–H and O–H groups in total. The smallest absolute Gasteiger partial charge is 0.347 e. The highest BCUT2D eigenvalue weighted by Gasteiger charge is 2.25. The molecule has 1 aliphatic heterocycles. The molecule has 0 bridgehead atoms. The van der Waals surface area contributed by atoms with Crippen molar-refractivity contribution in [3.05, 3.63) is 53.5 Å². The van der Waals surface area contributed by atoms with Gasteiger partial charge in [0.25, 0.3) is 0 Å². The SMILES string of the molecule is CCOC(=O)C(=CNC1=CC(C)SN1c1ccc(C)cc1)C(=O)OCC. The van der Waals surface area contributed by atoms with Crippen molar-refractivity contribution in [2.45, 2.75) is 32.9 Å². The molecule has 6 nitrogen and oxygen atoms in total. The van der Waals surface area contributed by atoms with Crippen LogP contribution in [0.1, 0.15) is 26.3 Å². The van der Waals surface area contributed by atoms with Crippen molar-refractivity contribution in [1.82, 2.24) is 5.32 Å². The van der Waals surface area contributed by atoms with Crippen molar-refractivity contribution in [2.75, 3.05) is 17.5 Å². The van der Waals surface area contributed by atoms with Crippen molar-refractivity contribution >= 4 is 29.6 Å². The van der Waals surface area contributed by atoms with Crippen molar-refractivity contribution in [2.24, 2.45) is 0 Å². The highest BCUT2D eigenvalue weighted by Crippen LogP contribution is 2.35. The second-order valence-electron chi connectivity index (χ2n) is 5.64. The summed E-state index contributed by atoms with van der Waals surface area (Å²) in [6, 6.07) is 8.12. The lowest BCUT2D eigenvalue weighted by molar-refractivity contribution is -0.146. The van der Waals surface area contributed by atoms with E-state index in [0.717, 1.165) is 11.5 Å². The topological polar surface area (TPSA) is 67.9 Å². The van der Waals surface area contributed by atoms with Crippen molar-refractivity contribution in [1.29, 1.82) is 0 Å². The maximum Gasteiger partial charge on any atom is 0.347 e. The highest BCUT2D eigenvalue weighted by atomic mass is 32.2. The lowest BCUT2D eigenvalue weighted by atomic mass is 10.2. The zero-order valence-electron chi connectivity index (χ0n) is 15.4. The molecule has 0 aromatic heterocycles. The normalized spacial score (nSPS) is 15.9. The Labute approximate surface area is 158 Å². The van der Waals surface area contributed by atoms with Gasteiger partial charge in [0.05, 0.1) is 18.9 Å². The summed E-state index contributed by atoms with van der Waals surface area (Å²) < 4.78 is 11.9. The van der Waals surface area contributed by atoms with Gasteiger partial charge in [0.15, 0.2) is 5.57 Å². The second kappa shape index (κ2) is 9.33. The first kappa shape index (κ1) is 19.9. The average molecular weight is 376 g/mol. The summed E-state index contributed by atoms with van der Waals surface area (Å²) in [5, 5.41) is 3.31. The minimum Gasteiger partial charge on any atom is -0.462 e. The minimum absolute atomic E-state index is 0.164. The van der Waals surface area contributed by atoms with Crippen LogP contribution in [0.15, 0.2) is 47.9 Å². The van der Waals surface area contributed by atoms with Crippen LogP contribution in [-0.4, -0.2) is 30.4 Å². The number of carbonyl (C=O) groups is 2. The monoisotopic (exact) mass is 376 g/mol. The van der Waals surface area contributed by atoms with E-state index in [9.17, 15) is 9.59 Å². The first-order valence-electron chi connectivity index (χ1n) is 8.52. The van der Waals surface area contributed by atoms with Crippen LogP contribution < -0.4 is 9.62 Å². The number of hydrogen-bond acceptors (Lipinski definition) is 7. The molecule has 0 spiro atoms. The van der Waals surface area contributed by atoms with Crippen molar-refractivity contribution < 1.29 is 19.1 Å². The lowest BCUT2D eigenvalue weighted by Crippen LogP contribution is -2.24. The Morgan fingerprint density at radius 3 is 2.27 bits per heavy atom. The van der Waals surface area contributed by atoms with Gasteiger partial charge in [-0.2, -0.15) is 0 Å². The van der Waals surface area contributed by atoms with Gasteiger partial charge in [0, 0.05) is 11.4 Å². The molecule has 0 saturated heterocycles. The van der Waals surface area contributed by atoms with Gasteiger partial charge in [-0.25, -0.2) is 9.59 Å². The molecule has 26 heavy (non-hydrogen) atoms. The zero-order valence-corrected chi connectivity index (χ0v) is 16.3. The fraction of sp³-hybridized carbons (Fsp3) is 0.368. The fourth-order valence-electron chi connectivity index (χ4n) is 2.30. The van der Waals surface area contributed by atoms with E-state index in [1.165, 1.54) is 11.8 Å². The third kappa shape index (κ3) is 5.05. The summed E-state index contributed by atoms with van der Waals surface area (Å²) in [7, 11) is 0. The van der Waals surface area contributed by atoms with Crippen molar-refractivity contribution in [3.63, 3.8) is 0 Å². The van der Waals surface area contributed by atoms with Crippen LogP contribution in [0.2, 0.25) is 0 Å². The number of ether oxygens (including phenoxy) is 2. The van der Waals surface area contributed by atoms with Crippen LogP contribution in [0.3, 0.4) is 0 Å². The molecule has 2 rings (SSSR count). The van der Waals surface area contributed by atoms with Crippen molar-refractivity contribution in [3.8, 4) is 0 Å². The Morgan fingerprint density at radius 1 is 1.15 bits per heavy atom. The first-order valence-corrected chi connectivity index (χ1v) is 9.36. The number of aryl methyl sites for hydroxylation is 1. The Bertz CT molecular complexity index is 693. The minimum atomic E-state index is -0.709. The van der Waals surface area contributed by atoms with E-state index < -0.39 is 11.9 Å². The number of carbonyl (C=O) groups excluding carboxylic acids is 2. The Morgan fingerprint density at radius 2 is 1.73 bits per heavy atom. The molecule has 1 atom stereocenters.